The van der Waals surface area contributed by atoms with E-state index >= 15 is 0 Å². The van der Waals surface area contributed by atoms with Crippen molar-refractivity contribution >= 4 is 17.4 Å². The predicted octanol–water partition coefficient (Wildman–Crippen LogP) is 5.18. The predicted molar refractivity (Wildman–Crippen MR) is 126 cm³/mol. The number of carbonyl (C=O) groups is 2. The van der Waals surface area contributed by atoms with Crippen molar-refractivity contribution in [3.05, 3.63) is 65.2 Å². The van der Waals surface area contributed by atoms with Gasteiger partial charge in [0.05, 0.1) is 18.2 Å². The lowest BCUT2D eigenvalue weighted by atomic mass is 9.91. The molecule has 1 saturated heterocycles. The molecule has 0 spiro atoms. The highest BCUT2D eigenvalue weighted by molar-refractivity contribution is 6.46. The Morgan fingerprint density at radius 1 is 1.06 bits per heavy atom. The van der Waals surface area contributed by atoms with Crippen molar-refractivity contribution in [1.29, 1.82) is 0 Å². The Kier molecular flexibility index (Phi) is 6.72. The maximum Gasteiger partial charge on any atom is 0.295 e. The monoisotopic (exact) mass is 449 g/mol. The number of phenolic OH excluding ortho intramolecular Hbond substituents is 1. The van der Waals surface area contributed by atoms with E-state index in [1.165, 1.54) is 0 Å². The number of hydrogen-bond donors (Lipinski definition) is 2. The van der Waals surface area contributed by atoms with Gasteiger partial charge in [-0.3, -0.25) is 9.59 Å². The third-order valence-electron chi connectivity index (χ3n) is 6.35. The number of likely N-dealkylation sites (tertiary alicyclic amines) is 1. The van der Waals surface area contributed by atoms with Gasteiger partial charge in [0.2, 0.25) is 0 Å². The van der Waals surface area contributed by atoms with Crippen molar-refractivity contribution < 1.29 is 24.5 Å². The van der Waals surface area contributed by atoms with Crippen LogP contribution in [0.25, 0.3) is 5.76 Å². The molecule has 2 fully saturated rings. The fourth-order valence-electron chi connectivity index (χ4n) is 4.74. The van der Waals surface area contributed by atoms with Gasteiger partial charge in [-0.15, -0.1) is 0 Å². The molecule has 1 atom stereocenters. The molecule has 0 radical (unpaired) electrons. The van der Waals surface area contributed by atoms with Crippen LogP contribution in [0.1, 0.15) is 63.1 Å². The second-order valence-electron chi connectivity index (χ2n) is 9.32. The van der Waals surface area contributed by atoms with E-state index in [1.807, 2.05) is 0 Å². The molecule has 1 aliphatic carbocycles. The zero-order chi connectivity index (χ0) is 23.5. The average Bonchev–Trinajstić information content (AvgIpc) is 3.08. The average molecular weight is 450 g/mol. The fourth-order valence-corrected chi connectivity index (χ4v) is 4.74. The summed E-state index contributed by atoms with van der Waals surface area (Å²) < 4.78 is 5.71. The Morgan fingerprint density at radius 3 is 2.39 bits per heavy atom. The quantitative estimate of drug-likeness (QED) is 0.360. The summed E-state index contributed by atoms with van der Waals surface area (Å²) in [4.78, 5) is 28.0. The second kappa shape index (κ2) is 9.69. The Balaban J connectivity index is 1.76. The number of rotatable bonds is 6. The number of aliphatic hydroxyl groups excluding tert-OH is 1. The molecule has 1 heterocycles. The first-order chi connectivity index (χ1) is 15.9. The van der Waals surface area contributed by atoms with E-state index in [0.717, 1.165) is 32.1 Å². The molecule has 1 amide bonds. The van der Waals surface area contributed by atoms with Crippen LogP contribution in [-0.4, -0.2) is 39.5 Å². The first-order valence-corrected chi connectivity index (χ1v) is 11.7. The minimum atomic E-state index is -0.739. The van der Waals surface area contributed by atoms with Crippen molar-refractivity contribution in [2.75, 3.05) is 6.61 Å². The lowest BCUT2D eigenvalue weighted by Gasteiger charge is -2.35. The molecule has 6 heteroatoms. The highest BCUT2D eigenvalue weighted by Gasteiger charge is 2.48. The van der Waals surface area contributed by atoms with E-state index in [0.29, 0.717) is 29.4 Å². The molecular weight excluding hydrogens is 418 g/mol. The zero-order valence-electron chi connectivity index (χ0n) is 19.2. The van der Waals surface area contributed by atoms with E-state index in [-0.39, 0.29) is 23.1 Å². The van der Waals surface area contributed by atoms with Crippen LogP contribution < -0.4 is 4.74 Å². The summed E-state index contributed by atoms with van der Waals surface area (Å²) in [5, 5.41) is 21.3. The van der Waals surface area contributed by atoms with Gasteiger partial charge in [0.1, 0.15) is 17.3 Å². The van der Waals surface area contributed by atoms with E-state index in [4.69, 9.17) is 4.74 Å². The maximum atomic E-state index is 13.2. The molecule has 0 aromatic heterocycles. The summed E-state index contributed by atoms with van der Waals surface area (Å²) >= 11 is 0. The number of benzene rings is 2. The lowest BCUT2D eigenvalue weighted by Crippen LogP contribution is -2.40. The fraction of sp³-hybridized carbons (Fsp3) is 0.407. The number of ketones is 1. The molecule has 2 aromatic rings. The van der Waals surface area contributed by atoms with Crippen LogP contribution in [0.4, 0.5) is 0 Å². The molecule has 1 aliphatic heterocycles. The maximum absolute atomic E-state index is 13.2. The molecule has 2 N–H and O–H groups in total. The lowest BCUT2D eigenvalue weighted by molar-refractivity contribution is -0.141. The first kappa shape index (κ1) is 22.9. The van der Waals surface area contributed by atoms with E-state index in [9.17, 15) is 19.8 Å². The summed E-state index contributed by atoms with van der Waals surface area (Å²) in [6.07, 6.45) is 4.76. The Labute approximate surface area is 194 Å². The highest BCUT2D eigenvalue weighted by atomic mass is 16.5. The Hall–Kier alpha value is -3.28. The standard InChI is InChI=1S/C27H31NO5/c1-17(2)16-33-22-13-11-18(12-14-22)25(30)23-24(19-7-6-10-21(29)15-19)28(27(32)26(23)31)20-8-4-3-5-9-20/h6-7,10-15,17,20,24,29-30H,3-5,8-9,16H2,1-2H3/b25-23-. The summed E-state index contributed by atoms with van der Waals surface area (Å²) in [7, 11) is 0. The van der Waals surface area contributed by atoms with E-state index in [1.54, 1.807) is 53.4 Å². The molecule has 4 rings (SSSR count). The van der Waals surface area contributed by atoms with Gasteiger partial charge in [-0.25, -0.2) is 0 Å². The molecule has 0 bridgehead atoms. The van der Waals surface area contributed by atoms with Crippen molar-refractivity contribution in [2.45, 2.75) is 58.0 Å². The highest BCUT2D eigenvalue weighted by Crippen LogP contribution is 2.43. The van der Waals surface area contributed by atoms with Gasteiger partial charge in [0, 0.05) is 11.6 Å². The van der Waals surface area contributed by atoms with Crippen LogP contribution >= 0.6 is 0 Å². The van der Waals surface area contributed by atoms with Gasteiger partial charge in [-0.2, -0.15) is 0 Å². The normalized spacial score (nSPS) is 21.1. The molecule has 174 valence electrons. The number of carbonyl (C=O) groups excluding carboxylic acids is 2. The first-order valence-electron chi connectivity index (χ1n) is 11.7. The number of Topliss-reactive ketones (excluding diaryl/α,β-unsaturated/α-hetero) is 1. The zero-order valence-corrected chi connectivity index (χ0v) is 19.2. The van der Waals surface area contributed by atoms with Crippen LogP contribution in [0.15, 0.2) is 54.1 Å². The third-order valence-corrected chi connectivity index (χ3v) is 6.35. The van der Waals surface area contributed by atoms with Crippen molar-refractivity contribution in [1.82, 2.24) is 4.90 Å². The number of ether oxygens (including phenoxy) is 1. The SMILES string of the molecule is CC(C)COc1ccc(/C(O)=C2/C(=O)C(=O)N(C3CCCCC3)C2c2cccc(O)c2)cc1. The van der Waals surface area contributed by atoms with Crippen LogP contribution in [0.5, 0.6) is 11.5 Å². The Morgan fingerprint density at radius 2 is 1.76 bits per heavy atom. The van der Waals surface area contributed by atoms with Gasteiger partial charge in [-0.1, -0.05) is 45.2 Å². The molecule has 33 heavy (non-hydrogen) atoms. The van der Waals surface area contributed by atoms with Gasteiger partial charge in [-0.05, 0) is 60.7 Å². The smallest absolute Gasteiger partial charge is 0.295 e. The number of amides is 1. The van der Waals surface area contributed by atoms with Gasteiger partial charge < -0.3 is 19.8 Å². The van der Waals surface area contributed by atoms with E-state index in [2.05, 4.69) is 13.8 Å². The number of aromatic hydroxyl groups is 1. The van der Waals surface area contributed by atoms with Crippen LogP contribution in [0.2, 0.25) is 0 Å². The van der Waals surface area contributed by atoms with E-state index < -0.39 is 17.7 Å². The molecular formula is C27H31NO5. The minimum Gasteiger partial charge on any atom is -0.508 e. The largest absolute Gasteiger partial charge is 0.508 e. The molecule has 2 aliphatic rings. The van der Waals surface area contributed by atoms with Gasteiger partial charge in [0.25, 0.3) is 11.7 Å². The van der Waals surface area contributed by atoms with Crippen LogP contribution in [0.3, 0.4) is 0 Å². The number of aliphatic hydroxyl groups is 1. The number of nitrogens with zero attached hydrogens (tertiary/aromatic N) is 1. The van der Waals surface area contributed by atoms with Crippen LogP contribution in [-0.2, 0) is 9.59 Å². The third kappa shape index (κ3) is 4.75. The number of hydrogen-bond acceptors (Lipinski definition) is 5. The molecule has 2 aromatic carbocycles. The van der Waals surface area contributed by atoms with Gasteiger partial charge in [0.15, 0.2) is 0 Å². The van der Waals surface area contributed by atoms with Crippen LogP contribution in [0, 0.1) is 5.92 Å². The topological polar surface area (TPSA) is 87.1 Å². The molecule has 6 nitrogen and oxygen atoms in total. The minimum absolute atomic E-state index is 0.0494. The summed E-state index contributed by atoms with van der Waals surface area (Å²) in [5.74, 6) is -0.382. The number of phenols is 1. The summed E-state index contributed by atoms with van der Waals surface area (Å²) in [6.45, 7) is 4.70. The Bertz CT molecular complexity index is 1050. The van der Waals surface area contributed by atoms with Gasteiger partial charge >= 0.3 is 0 Å². The summed E-state index contributed by atoms with van der Waals surface area (Å²) in [5.41, 5.74) is 1.11. The second-order valence-corrected chi connectivity index (χ2v) is 9.32. The molecule has 1 unspecified atom stereocenters. The van der Waals surface area contributed by atoms with Crippen molar-refractivity contribution in [3.8, 4) is 11.5 Å². The van der Waals surface area contributed by atoms with Crippen molar-refractivity contribution in [3.63, 3.8) is 0 Å². The summed E-state index contributed by atoms with van der Waals surface area (Å²) in [6, 6.07) is 12.6. The van der Waals surface area contributed by atoms with Crippen molar-refractivity contribution in [2.24, 2.45) is 5.92 Å². The molecule has 1 saturated carbocycles.